The fourth-order valence-electron chi connectivity index (χ4n) is 1.62. The number of rotatable bonds is 4. The molecule has 4 heteroatoms. The molecule has 0 unspecified atom stereocenters. The Morgan fingerprint density at radius 2 is 1.95 bits per heavy atom. The van der Waals surface area contributed by atoms with Gasteiger partial charge in [0, 0.05) is 5.57 Å². The van der Waals surface area contributed by atoms with E-state index in [2.05, 4.69) is 20.9 Å². The van der Waals surface area contributed by atoms with E-state index in [9.17, 15) is 4.79 Å². The molecule has 1 aromatic heterocycles. The summed E-state index contributed by atoms with van der Waals surface area (Å²) in [6.07, 6.45) is 2.60. The Hall–Kier alpha value is -1.94. The highest BCUT2D eigenvalue weighted by molar-refractivity contribution is 9.10. The molecule has 0 saturated heterocycles. The molecule has 3 nitrogen and oxygen atoms in total. The number of hydrogen-bond donors (Lipinski definition) is 0. The second-order valence-corrected chi connectivity index (χ2v) is 4.65. The monoisotopic (exact) mass is 317 g/mol. The summed E-state index contributed by atoms with van der Waals surface area (Å²) in [4.78, 5) is 15.5. The molecule has 0 N–H and O–H groups in total. The number of pyridine rings is 1. The van der Waals surface area contributed by atoms with Gasteiger partial charge in [-0.15, -0.1) is 0 Å². The van der Waals surface area contributed by atoms with Crippen molar-refractivity contribution >= 4 is 33.9 Å². The number of aldehydes is 1. The van der Waals surface area contributed by atoms with Gasteiger partial charge >= 0.3 is 0 Å². The van der Waals surface area contributed by atoms with Gasteiger partial charge in [0.05, 0.1) is 12.8 Å². The highest BCUT2D eigenvalue weighted by atomic mass is 79.9. The molecular weight excluding hydrogens is 306 g/mol. The second kappa shape index (κ2) is 6.29. The van der Waals surface area contributed by atoms with Gasteiger partial charge in [-0.05, 0) is 51.8 Å². The Kier molecular flexibility index (Phi) is 4.47. The van der Waals surface area contributed by atoms with Crippen molar-refractivity contribution in [2.24, 2.45) is 0 Å². The van der Waals surface area contributed by atoms with E-state index in [1.165, 1.54) is 0 Å². The number of halogens is 1. The van der Waals surface area contributed by atoms with Crippen LogP contribution in [0.15, 0.2) is 47.1 Å². The molecule has 1 heterocycles. The van der Waals surface area contributed by atoms with Gasteiger partial charge in [0.2, 0.25) is 0 Å². The first-order valence-electron chi connectivity index (χ1n) is 5.67. The van der Waals surface area contributed by atoms with Crippen LogP contribution in [0.4, 0.5) is 0 Å². The van der Waals surface area contributed by atoms with E-state index in [-0.39, 0.29) is 0 Å². The van der Waals surface area contributed by atoms with E-state index in [1.807, 2.05) is 36.4 Å². The van der Waals surface area contributed by atoms with Gasteiger partial charge in [-0.1, -0.05) is 18.2 Å². The third-order valence-corrected chi connectivity index (χ3v) is 3.02. The van der Waals surface area contributed by atoms with E-state index in [0.29, 0.717) is 15.9 Å². The molecular formula is C15H12BrNO2. The average molecular weight is 318 g/mol. The smallest absolute Gasteiger partial charge is 0.152 e. The van der Waals surface area contributed by atoms with Crippen molar-refractivity contribution < 1.29 is 9.53 Å². The number of nitrogens with zero attached hydrogens (tertiary/aromatic N) is 1. The van der Waals surface area contributed by atoms with Crippen molar-refractivity contribution in [3.05, 3.63) is 58.3 Å². The van der Waals surface area contributed by atoms with Crippen LogP contribution in [0.1, 0.15) is 11.3 Å². The van der Waals surface area contributed by atoms with E-state index >= 15 is 0 Å². The molecule has 0 saturated carbocycles. The van der Waals surface area contributed by atoms with Crippen LogP contribution in [0.5, 0.6) is 5.75 Å². The van der Waals surface area contributed by atoms with Gasteiger partial charge in [-0.3, -0.25) is 4.79 Å². The molecule has 0 aliphatic carbocycles. The predicted molar refractivity (Wildman–Crippen MR) is 78.9 cm³/mol. The van der Waals surface area contributed by atoms with Crippen molar-refractivity contribution in [3.63, 3.8) is 0 Å². The highest BCUT2D eigenvalue weighted by Crippen LogP contribution is 2.18. The molecule has 96 valence electrons. The molecule has 0 aliphatic rings. The summed E-state index contributed by atoms with van der Waals surface area (Å²) in [6.45, 7) is 0. The average Bonchev–Trinajstić information content (AvgIpc) is 2.45. The summed E-state index contributed by atoms with van der Waals surface area (Å²) < 4.78 is 5.79. The Labute approximate surface area is 120 Å². The maximum atomic E-state index is 11.2. The number of aromatic nitrogens is 1. The van der Waals surface area contributed by atoms with Crippen molar-refractivity contribution in [3.8, 4) is 5.75 Å². The number of carbonyl (C=O) groups is 1. The van der Waals surface area contributed by atoms with E-state index in [0.717, 1.165) is 17.6 Å². The summed E-state index contributed by atoms with van der Waals surface area (Å²) >= 11 is 3.29. The Morgan fingerprint density at radius 3 is 2.53 bits per heavy atom. The topological polar surface area (TPSA) is 39.2 Å². The van der Waals surface area contributed by atoms with Crippen molar-refractivity contribution in [2.75, 3.05) is 7.11 Å². The normalized spacial score (nSPS) is 11.2. The molecule has 0 fully saturated rings. The largest absolute Gasteiger partial charge is 0.497 e. The van der Waals surface area contributed by atoms with Crippen molar-refractivity contribution in [1.82, 2.24) is 4.98 Å². The standard InChI is InChI=1S/C15H12BrNO2/c1-19-13-7-5-11(6-8-13)9-12(10-18)14-3-2-4-15(16)17-14/h2-10H,1H3/b12-9+. The first-order valence-corrected chi connectivity index (χ1v) is 6.46. The number of methoxy groups -OCH3 is 1. The van der Waals surface area contributed by atoms with Crippen molar-refractivity contribution in [2.45, 2.75) is 0 Å². The Bertz CT molecular complexity index is 606. The number of benzene rings is 1. The van der Waals surface area contributed by atoms with Gasteiger partial charge in [-0.2, -0.15) is 0 Å². The fourth-order valence-corrected chi connectivity index (χ4v) is 1.96. The molecule has 0 amide bonds. The maximum absolute atomic E-state index is 11.2. The van der Waals surface area contributed by atoms with Crippen LogP contribution < -0.4 is 4.74 Å². The van der Waals surface area contributed by atoms with Crippen LogP contribution in [-0.2, 0) is 4.79 Å². The SMILES string of the molecule is COc1ccc(/C=C(\C=O)c2cccc(Br)n2)cc1. The summed E-state index contributed by atoms with van der Waals surface area (Å²) in [6, 6.07) is 12.9. The predicted octanol–water partition coefficient (Wildman–Crippen LogP) is 3.59. The molecule has 0 atom stereocenters. The van der Waals surface area contributed by atoms with Gasteiger partial charge in [0.25, 0.3) is 0 Å². The van der Waals surface area contributed by atoms with Crippen LogP contribution in [0, 0.1) is 0 Å². The van der Waals surface area contributed by atoms with E-state index < -0.39 is 0 Å². The lowest BCUT2D eigenvalue weighted by Crippen LogP contribution is -1.91. The van der Waals surface area contributed by atoms with Gasteiger partial charge in [0.15, 0.2) is 6.29 Å². The molecule has 19 heavy (non-hydrogen) atoms. The zero-order chi connectivity index (χ0) is 13.7. The van der Waals surface area contributed by atoms with Crippen LogP contribution in [0.2, 0.25) is 0 Å². The van der Waals surface area contributed by atoms with Crippen molar-refractivity contribution in [1.29, 1.82) is 0 Å². The lowest BCUT2D eigenvalue weighted by atomic mass is 10.1. The minimum atomic E-state index is 0.534. The molecule has 1 aromatic carbocycles. The van der Waals surface area contributed by atoms with Gasteiger partial charge < -0.3 is 4.74 Å². The van der Waals surface area contributed by atoms with Crippen LogP contribution >= 0.6 is 15.9 Å². The lowest BCUT2D eigenvalue weighted by molar-refractivity contribution is -0.103. The van der Waals surface area contributed by atoms with Crippen LogP contribution in [0.3, 0.4) is 0 Å². The van der Waals surface area contributed by atoms with E-state index in [4.69, 9.17) is 4.74 Å². The highest BCUT2D eigenvalue weighted by Gasteiger charge is 2.03. The first kappa shape index (κ1) is 13.5. The lowest BCUT2D eigenvalue weighted by Gasteiger charge is -2.02. The minimum absolute atomic E-state index is 0.534. The third kappa shape index (κ3) is 3.51. The second-order valence-electron chi connectivity index (χ2n) is 3.84. The van der Waals surface area contributed by atoms with Crippen LogP contribution in [0.25, 0.3) is 11.6 Å². The quantitative estimate of drug-likeness (QED) is 0.491. The minimum Gasteiger partial charge on any atom is -0.497 e. The summed E-state index contributed by atoms with van der Waals surface area (Å²) in [5.41, 5.74) is 2.09. The molecule has 0 spiro atoms. The zero-order valence-electron chi connectivity index (χ0n) is 10.3. The van der Waals surface area contributed by atoms with Gasteiger partial charge in [0.1, 0.15) is 10.4 Å². The summed E-state index contributed by atoms with van der Waals surface area (Å²) in [5, 5.41) is 0. The third-order valence-electron chi connectivity index (χ3n) is 2.58. The number of carbonyl (C=O) groups excluding carboxylic acids is 1. The number of hydrogen-bond acceptors (Lipinski definition) is 3. The Balaban J connectivity index is 2.35. The van der Waals surface area contributed by atoms with E-state index in [1.54, 1.807) is 19.3 Å². The molecule has 0 radical (unpaired) electrons. The molecule has 0 aliphatic heterocycles. The molecule has 0 bridgehead atoms. The molecule has 2 aromatic rings. The summed E-state index contributed by atoms with van der Waals surface area (Å²) in [5.74, 6) is 0.783. The number of ether oxygens (including phenoxy) is 1. The number of allylic oxidation sites excluding steroid dienone is 1. The molecule has 2 rings (SSSR count). The van der Waals surface area contributed by atoms with Gasteiger partial charge in [-0.25, -0.2) is 4.98 Å². The first-order chi connectivity index (χ1) is 9.22. The zero-order valence-corrected chi connectivity index (χ0v) is 11.9. The Morgan fingerprint density at radius 1 is 1.21 bits per heavy atom. The summed E-state index contributed by atoms with van der Waals surface area (Å²) in [7, 11) is 1.62. The maximum Gasteiger partial charge on any atom is 0.152 e. The fraction of sp³-hybridized carbons (Fsp3) is 0.0667. The van der Waals surface area contributed by atoms with Crippen LogP contribution in [-0.4, -0.2) is 18.4 Å².